The van der Waals surface area contributed by atoms with Crippen LogP contribution in [0.15, 0.2) is 15.9 Å². The van der Waals surface area contributed by atoms with Crippen LogP contribution < -0.4 is 5.32 Å². The lowest BCUT2D eigenvalue weighted by molar-refractivity contribution is 0.404. The Balaban J connectivity index is 1.83. The molecule has 0 bridgehead atoms. The van der Waals surface area contributed by atoms with Crippen molar-refractivity contribution in [3.05, 3.63) is 32.9 Å². The number of halogens is 1. The molecule has 0 amide bonds. The Hall–Kier alpha value is -0.780. The number of hydrogen-bond donors (Lipinski definition) is 1. The van der Waals surface area contributed by atoms with Gasteiger partial charge in [-0.2, -0.15) is 0 Å². The molecule has 2 aliphatic rings. The van der Waals surface area contributed by atoms with Crippen LogP contribution in [-0.2, 0) is 13.0 Å². The van der Waals surface area contributed by atoms with E-state index in [9.17, 15) is 0 Å². The molecule has 0 aromatic carbocycles. The van der Waals surface area contributed by atoms with Gasteiger partial charge in [-0.15, -0.1) is 11.3 Å². The molecule has 5 heteroatoms. The largest absolute Gasteiger partial charge is 0.312 e. The van der Waals surface area contributed by atoms with Crippen LogP contribution in [0.2, 0.25) is 0 Å². The number of hydrogen-bond acceptors (Lipinski definition) is 4. The summed E-state index contributed by atoms with van der Waals surface area (Å²) < 4.78 is 1.12. The summed E-state index contributed by atoms with van der Waals surface area (Å²) in [6.07, 6.45) is 4.95. The fourth-order valence-electron chi connectivity index (χ4n) is 2.93. The molecule has 4 rings (SSSR count). The summed E-state index contributed by atoms with van der Waals surface area (Å²) in [7, 11) is 0. The standard InChI is InChI=1S/C15H16BrN3S/c16-10-6-13(20-8-10)15-18-12-4-5-17-7-11(12)14(19-15)9-2-1-3-9/h6,8-9,17H,1-5,7H2. The highest BCUT2D eigenvalue weighted by atomic mass is 79.9. The highest BCUT2D eigenvalue weighted by Crippen LogP contribution is 2.39. The minimum atomic E-state index is 0.661. The number of aromatic nitrogens is 2. The number of nitrogens with zero attached hydrogens (tertiary/aromatic N) is 2. The Morgan fingerprint density at radius 1 is 1.30 bits per heavy atom. The van der Waals surface area contributed by atoms with Gasteiger partial charge < -0.3 is 5.32 Å². The zero-order valence-corrected chi connectivity index (χ0v) is 13.6. The lowest BCUT2D eigenvalue weighted by Gasteiger charge is -2.29. The molecule has 1 fully saturated rings. The first-order valence-corrected chi connectivity index (χ1v) is 8.83. The Labute approximate surface area is 131 Å². The summed E-state index contributed by atoms with van der Waals surface area (Å²) in [5.74, 6) is 1.58. The van der Waals surface area contributed by atoms with Gasteiger partial charge in [-0.1, -0.05) is 6.42 Å². The van der Waals surface area contributed by atoms with Gasteiger partial charge in [-0.25, -0.2) is 9.97 Å². The maximum atomic E-state index is 4.93. The van der Waals surface area contributed by atoms with E-state index in [4.69, 9.17) is 9.97 Å². The second kappa shape index (κ2) is 5.20. The summed E-state index contributed by atoms with van der Waals surface area (Å²) in [6, 6.07) is 2.12. The van der Waals surface area contributed by atoms with Gasteiger partial charge in [0.1, 0.15) is 0 Å². The second-order valence-corrected chi connectivity index (χ2v) is 7.37. The van der Waals surface area contributed by atoms with Gasteiger partial charge in [-0.05, 0) is 34.8 Å². The van der Waals surface area contributed by atoms with Gasteiger partial charge in [0.15, 0.2) is 5.82 Å². The molecule has 20 heavy (non-hydrogen) atoms. The molecule has 0 atom stereocenters. The van der Waals surface area contributed by atoms with Crippen molar-refractivity contribution in [2.24, 2.45) is 0 Å². The van der Waals surface area contributed by atoms with Gasteiger partial charge in [0.05, 0.1) is 16.3 Å². The van der Waals surface area contributed by atoms with Crippen LogP contribution >= 0.6 is 27.3 Å². The molecule has 3 nitrogen and oxygen atoms in total. The summed E-state index contributed by atoms with van der Waals surface area (Å²) in [4.78, 5) is 10.9. The Morgan fingerprint density at radius 3 is 2.90 bits per heavy atom. The summed E-state index contributed by atoms with van der Waals surface area (Å²) >= 11 is 5.23. The lowest BCUT2D eigenvalue weighted by Crippen LogP contribution is -2.28. The monoisotopic (exact) mass is 349 g/mol. The third-order valence-electron chi connectivity index (χ3n) is 4.24. The first-order chi connectivity index (χ1) is 9.81. The van der Waals surface area contributed by atoms with E-state index in [-0.39, 0.29) is 0 Å². The molecule has 104 valence electrons. The molecular formula is C15H16BrN3S. The maximum absolute atomic E-state index is 4.93. The maximum Gasteiger partial charge on any atom is 0.169 e. The van der Waals surface area contributed by atoms with Crippen LogP contribution in [0.1, 0.15) is 42.1 Å². The van der Waals surface area contributed by atoms with Gasteiger partial charge in [0, 0.05) is 40.8 Å². The molecular weight excluding hydrogens is 334 g/mol. The molecule has 0 unspecified atom stereocenters. The third-order valence-corrected chi connectivity index (χ3v) is 5.93. The van der Waals surface area contributed by atoms with Crippen LogP contribution in [-0.4, -0.2) is 16.5 Å². The number of rotatable bonds is 2. The van der Waals surface area contributed by atoms with Gasteiger partial charge >= 0.3 is 0 Å². The van der Waals surface area contributed by atoms with Crippen molar-refractivity contribution < 1.29 is 0 Å². The van der Waals surface area contributed by atoms with Crippen LogP contribution in [0.4, 0.5) is 0 Å². The van der Waals surface area contributed by atoms with Crippen molar-refractivity contribution in [1.29, 1.82) is 0 Å². The van der Waals surface area contributed by atoms with Gasteiger partial charge in [0.2, 0.25) is 0 Å². The SMILES string of the molecule is Brc1csc(-c2nc3c(c(C4CCC4)n2)CNCC3)c1. The third kappa shape index (κ3) is 2.22. The molecule has 2 aromatic rings. The van der Waals surface area contributed by atoms with E-state index < -0.39 is 0 Å². The van der Waals surface area contributed by atoms with Crippen LogP contribution in [0.25, 0.3) is 10.7 Å². The van der Waals surface area contributed by atoms with E-state index in [2.05, 4.69) is 32.7 Å². The zero-order valence-electron chi connectivity index (χ0n) is 11.2. The van der Waals surface area contributed by atoms with Crippen LogP contribution in [0.3, 0.4) is 0 Å². The second-order valence-electron chi connectivity index (χ2n) is 5.54. The summed E-state index contributed by atoms with van der Waals surface area (Å²) in [5.41, 5.74) is 3.95. The Bertz CT molecular complexity index is 649. The average Bonchev–Trinajstić information content (AvgIpc) is 2.83. The average molecular weight is 350 g/mol. The zero-order chi connectivity index (χ0) is 13.5. The molecule has 1 saturated carbocycles. The van der Waals surface area contributed by atoms with E-state index in [0.717, 1.165) is 29.8 Å². The molecule has 2 aromatic heterocycles. The van der Waals surface area contributed by atoms with Crippen molar-refractivity contribution >= 4 is 27.3 Å². The minimum Gasteiger partial charge on any atom is -0.312 e. The van der Waals surface area contributed by atoms with E-state index in [1.807, 2.05) is 0 Å². The highest BCUT2D eigenvalue weighted by molar-refractivity contribution is 9.10. The summed E-state index contributed by atoms with van der Waals surface area (Å²) in [6.45, 7) is 1.97. The van der Waals surface area contributed by atoms with Crippen molar-refractivity contribution in [2.75, 3.05) is 6.54 Å². The predicted molar refractivity (Wildman–Crippen MR) is 85.0 cm³/mol. The van der Waals surface area contributed by atoms with Gasteiger partial charge in [0.25, 0.3) is 0 Å². The predicted octanol–water partition coefficient (Wildman–Crippen LogP) is 3.88. The van der Waals surface area contributed by atoms with Crippen molar-refractivity contribution in [2.45, 2.75) is 38.1 Å². The molecule has 0 spiro atoms. The lowest BCUT2D eigenvalue weighted by atomic mass is 9.80. The molecule has 1 aliphatic heterocycles. The minimum absolute atomic E-state index is 0.661. The molecule has 0 radical (unpaired) electrons. The van der Waals surface area contributed by atoms with Crippen molar-refractivity contribution in [3.63, 3.8) is 0 Å². The first-order valence-electron chi connectivity index (χ1n) is 7.16. The molecule has 1 aliphatic carbocycles. The fraction of sp³-hybridized carbons (Fsp3) is 0.467. The molecule has 0 saturated heterocycles. The fourth-order valence-corrected chi connectivity index (χ4v) is 4.29. The topological polar surface area (TPSA) is 37.8 Å². The quantitative estimate of drug-likeness (QED) is 0.893. The first kappa shape index (κ1) is 12.9. The highest BCUT2D eigenvalue weighted by Gasteiger charge is 2.27. The smallest absolute Gasteiger partial charge is 0.169 e. The van der Waals surface area contributed by atoms with Crippen molar-refractivity contribution in [3.8, 4) is 10.7 Å². The van der Waals surface area contributed by atoms with Crippen LogP contribution in [0.5, 0.6) is 0 Å². The molecule has 1 N–H and O–H groups in total. The molecule has 3 heterocycles. The number of fused-ring (bicyclic) bond motifs is 1. The van der Waals surface area contributed by atoms with E-state index >= 15 is 0 Å². The number of nitrogens with one attached hydrogen (secondary N) is 1. The Kier molecular flexibility index (Phi) is 3.36. The van der Waals surface area contributed by atoms with E-state index in [0.29, 0.717) is 5.92 Å². The summed E-state index contributed by atoms with van der Waals surface area (Å²) in [5, 5.41) is 5.56. The normalized spacial score (nSPS) is 18.6. The van der Waals surface area contributed by atoms with E-state index in [1.165, 1.54) is 41.1 Å². The number of thiophene rings is 1. The van der Waals surface area contributed by atoms with Gasteiger partial charge in [-0.3, -0.25) is 0 Å². The van der Waals surface area contributed by atoms with Crippen molar-refractivity contribution in [1.82, 2.24) is 15.3 Å². The Morgan fingerprint density at radius 2 is 2.20 bits per heavy atom. The van der Waals surface area contributed by atoms with E-state index in [1.54, 1.807) is 11.3 Å². The van der Waals surface area contributed by atoms with Crippen LogP contribution in [0, 0.1) is 0 Å².